The summed E-state index contributed by atoms with van der Waals surface area (Å²) in [6.45, 7) is 2.54. The maximum absolute atomic E-state index is 14.7. The Kier molecular flexibility index (Phi) is 8.38. The molecule has 3 rings (SSSR count). The molecule has 0 fully saturated rings. The van der Waals surface area contributed by atoms with E-state index in [1.807, 2.05) is 97.9 Å². The molecule has 0 spiro atoms. The number of hydrogen-bond donors (Lipinski definition) is 1. The number of benzene rings is 3. The molecule has 0 saturated carbocycles. The molecule has 32 heavy (non-hydrogen) atoms. The van der Waals surface area contributed by atoms with Crippen molar-refractivity contribution in [1.29, 1.82) is 0 Å². The number of hydrogen-bond acceptors (Lipinski definition) is 5. The Morgan fingerprint density at radius 2 is 1.59 bits per heavy atom. The van der Waals surface area contributed by atoms with Crippen molar-refractivity contribution in [1.82, 2.24) is 0 Å². The second-order valence-corrected chi connectivity index (χ2v) is 10.4. The smallest absolute Gasteiger partial charge is 0.258 e. The zero-order valence-electron chi connectivity index (χ0n) is 19.3. The number of unbranched alkanes of at least 4 members (excludes halogenated alkanes) is 1. The molecule has 0 radical (unpaired) electrons. The van der Waals surface area contributed by atoms with Crippen LogP contribution in [-0.4, -0.2) is 27.8 Å². The summed E-state index contributed by atoms with van der Waals surface area (Å²) in [5.41, 5.74) is 2.81. The van der Waals surface area contributed by atoms with Crippen LogP contribution in [0.3, 0.4) is 0 Å². The number of nitrogens with zero attached hydrogens (tertiary/aromatic N) is 1. The van der Waals surface area contributed by atoms with Crippen LogP contribution in [0.1, 0.15) is 31.1 Å². The maximum atomic E-state index is 14.7. The van der Waals surface area contributed by atoms with Crippen LogP contribution in [0, 0.1) is 0 Å². The van der Waals surface area contributed by atoms with Crippen LogP contribution in [0.5, 0.6) is 5.75 Å². The molecule has 0 saturated heterocycles. The van der Waals surface area contributed by atoms with Gasteiger partial charge in [-0.15, -0.1) is 0 Å². The van der Waals surface area contributed by atoms with Crippen molar-refractivity contribution in [2.75, 3.05) is 38.0 Å². The van der Waals surface area contributed by atoms with Crippen LogP contribution >= 0.6 is 7.37 Å². The number of para-hydroxylation sites is 1. The van der Waals surface area contributed by atoms with Crippen molar-refractivity contribution in [3.8, 4) is 5.75 Å². The predicted molar refractivity (Wildman–Crippen MR) is 135 cm³/mol. The fraction of sp³-hybridized carbons (Fsp3) is 0.308. The number of anilines is 2. The fourth-order valence-electron chi connectivity index (χ4n) is 3.44. The summed E-state index contributed by atoms with van der Waals surface area (Å²) in [6.07, 6.45) is 1.82. The first-order valence-corrected chi connectivity index (χ1v) is 12.6. The van der Waals surface area contributed by atoms with Gasteiger partial charge in [0.15, 0.2) is 0 Å². The first-order valence-electron chi connectivity index (χ1n) is 11.0. The van der Waals surface area contributed by atoms with Gasteiger partial charge in [-0.2, -0.15) is 0 Å². The number of ether oxygens (including phenoxy) is 1. The second kappa shape index (κ2) is 11.2. The first-order chi connectivity index (χ1) is 15.5. The monoisotopic (exact) mass is 452 g/mol. The number of rotatable bonds is 11. The quantitative estimate of drug-likeness (QED) is 0.274. The molecule has 0 aliphatic rings. The molecule has 0 bridgehead atoms. The zero-order chi connectivity index (χ0) is 23.0. The van der Waals surface area contributed by atoms with E-state index in [9.17, 15) is 4.57 Å². The molecule has 0 heterocycles. The lowest BCUT2D eigenvalue weighted by Gasteiger charge is -2.30. The molecule has 2 atom stereocenters. The van der Waals surface area contributed by atoms with E-state index in [0.29, 0.717) is 11.9 Å². The summed E-state index contributed by atoms with van der Waals surface area (Å²) in [5.74, 6) is 0.210. The first kappa shape index (κ1) is 23.9. The average Bonchev–Trinajstić information content (AvgIpc) is 2.83. The van der Waals surface area contributed by atoms with E-state index in [4.69, 9.17) is 9.26 Å². The molecule has 0 unspecified atom stereocenters. The third kappa shape index (κ3) is 5.73. The Hall–Kier alpha value is -2.75. The van der Waals surface area contributed by atoms with Crippen LogP contribution in [0.4, 0.5) is 11.4 Å². The van der Waals surface area contributed by atoms with Crippen molar-refractivity contribution >= 4 is 24.0 Å². The third-order valence-electron chi connectivity index (χ3n) is 5.36. The molecule has 0 aliphatic carbocycles. The van der Waals surface area contributed by atoms with Crippen molar-refractivity contribution in [2.24, 2.45) is 0 Å². The Bertz CT molecular complexity index is 1010. The van der Waals surface area contributed by atoms with Crippen LogP contribution in [0.15, 0.2) is 78.9 Å². The van der Waals surface area contributed by atoms with Gasteiger partial charge in [0, 0.05) is 30.8 Å². The second-order valence-electron chi connectivity index (χ2n) is 7.88. The Balaban J connectivity index is 2.09. The minimum absolute atomic E-state index is 0.437. The van der Waals surface area contributed by atoms with E-state index in [1.165, 1.54) is 0 Å². The largest absolute Gasteiger partial charge is 0.497 e. The number of nitrogens with one attached hydrogen (secondary N) is 1. The van der Waals surface area contributed by atoms with Gasteiger partial charge >= 0.3 is 0 Å². The van der Waals surface area contributed by atoms with Gasteiger partial charge in [0.1, 0.15) is 11.5 Å². The molecule has 170 valence electrons. The van der Waals surface area contributed by atoms with Crippen molar-refractivity contribution in [3.05, 3.63) is 84.4 Å². The van der Waals surface area contributed by atoms with Gasteiger partial charge in [-0.25, -0.2) is 0 Å². The standard InChI is InChI=1S/C26H33N2O3P/c1-5-6-20-31-32(29,25-18-14-23(15-19-25)28(2)3)26(27-22-10-8-7-9-11-22)21-12-16-24(30-4)17-13-21/h7-19,26-27H,5-6,20H2,1-4H3/t26-,32+/m1/s1. The van der Waals surface area contributed by atoms with E-state index in [2.05, 4.69) is 12.2 Å². The van der Waals surface area contributed by atoms with E-state index < -0.39 is 13.2 Å². The molecule has 6 heteroatoms. The molecule has 0 aromatic heterocycles. The van der Waals surface area contributed by atoms with Gasteiger partial charge in [-0.3, -0.25) is 4.57 Å². The highest BCUT2D eigenvalue weighted by molar-refractivity contribution is 7.67. The SMILES string of the molecule is CCCCO[P@@](=O)(c1ccc(N(C)C)cc1)[C@@H](Nc1ccccc1)c1ccc(OC)cc1. The molecular weight excluding hydrogens is 419 g/mol. The maximum Gasteiger partial charge on any atom is 0.258 e. The van der Waals surface area contributed by atoms with Crippen molar-refractivity contribution in [3.63, 3.8) is 0 Å². The Morgan fingerprint density at radius 1 is 0.938 bits per heavy atom. The van der Waals surface area contributed by atoms with E-state index in [1.54, 1.807) is 7.11 Å². The van der Waals surface area contributed by atoms with E-state index in [-0.39, 0.29) is 0 Å². The van der Waals surface area contributed by atoms with Gasteiger partial charge < -0.3 is 19.5 Å². The lowest BCUT2D eigenvalue weighted by atomic mass is 10.2. The predicted octanol–water partition coefficient (Wildman–Crippen LogP) is 6.29. The zero-order valence-corrected chi connectivity index (χ0v) is 20.2. The summed E-state index contributed by atoms with van der Waals surface area (Å²) in [4.78, 5) is 2.02. The normalized spacial score (nSPS) is 13.8. The van der Waals surface area contributed by atoms with Gasteiger partial charge in [0.25, 0.3) is 7.37 Å². The van der Waals surface area contributed by atoms with Crippen molar-refractivity contribution in [2.45, 2.75) is 25.5 Å². The molecule has 5 nitrogen and oxygen atoms in total. The highest BCUT2D eigenvalue weighted by Crippen LogP contribution is 2.59. The van der Waals surface area contributed by atoms with Gasteiger partial charge in [0.2, 0.25) is 0 Å². The Labute approximate surface area is 191 Å². The van der Waals surface area contributed by atoms with E-state index in [0.717, 1.165) is 35.5 Å². The third-order valence-corrected chi connectivity index (χ3v) is 8.05. The van der Waals surface area contributed by atoms with Crippen molar-refractivity contribution < 1.29 is 13.8 Å². The summed E-state index contributed by atoms with van der Waals surface area (Å²) in [6, 6.07) is 25.3. The summed E-state index contributed by atoms with van der Waals surface area (Å²) in [5, 5.41) is 4.19. The topological polar surface area (TPSA) is 50.8 Å². The summed E-state index contributed by atoms with van der Waals surface area (Å²) < 4.78 is 26.3. The number of methoxy groups -OCH3 is 1. The van der Waals surface area contributed by atoms with Gasteiger partial charge in [-0.1, -0.05) is 43.7 Å². The molecule has 3 aromatic rings. The highest BCUT2D eigenvalue weighted by atomic mass is 31.2. The molecule has 1 N–H and O–H groups in total. The van der Waals surface area contributed by atoms with Crippen LogP contribution in [0.25, 0.3) is 0 Å². The minimum atomic E-state index is -3.34. The minimum Gasteiger partial charge on any atom is -0.497 e. The average molecular weight is 453 g/mol. The molecular formula is C26H33N2O3P. The molecule has 3 aromatic carbocycles. The van der Waals surface area contributed by atoms with E-state index >= 15 is 0 Å². The van der Waals surface area contributed by atoms with Gasteiger partial charge in [0.05, 0.1) is 13.7 Å². The van der Waals surface area contributed by atoms with Crippen LogP contribution in [-0.2, 0) is 9.09 Å². The van der Waals surface area contributed by atoms with Crippen LogP contribution in [0.2, 0.25) is 0 Å². The highest BCUT2D eigenvalue weighted by Gasteiger charge is 2.38. The molecule has 0 amide bonds. The molecule has 0 aliphatic heterocycles. The van der Waals surface area contributed by atoms with Gasteiger partial charge in [-0.05, 0) is 60.5 Å². The van der Waals surface area contributed by atoms with Crippen LogP contribution < -0.4 is 20.3 Å². The lowest BCUT2D eigenvalue weighted by molar-refractivity contribution is 0.308. The lowest BCUT2D eigenvalue weighted by Crippen LogP contribution is -2.21. The summed E-state index contributed by atoms with van der Waals surface area (Å²) in [7, 11) is 2.27. The summed E-state index contributed by atoms with van der Waals surface area (Å²) >= 11 is 0. The fourth-order valence-corrected chi connectivity index (χ4v) is 5.89. The Morgan fingerprint density at radius 3 is 2.16 bits per heavy atom.